The molecule has 40 heavy (non-hydrogen) atoms. The molecule has 13 heteroatoms. The highest BCUT2D eigenvalue weighted by Crippen LogP contribution is 2.36. The second-order valence-corrected chi connectivity index (χ2v) is 10.1. The monoisotopic (exact) mass is 573 g/mol. The summed E-state index contributed by atoms with van der Waals surface area (Å²) < 4.78 is 46.1. The smallest absolute Gasteiger partial charge is 0.393 e. The van der Waals surface area contributed by atoms with Gasteiger partial charge >= 0.3 is 6.18 Å². The van der Waals surface area contributed by atoms with E-state index in [9.17, 15) is 27.6 Å². The van der Waals surface area contributed by atoms with Crippen LogP contribution in [0.4, 0.5) is 13.2 Å². The van der Waals surface area contributed by atoms with Gasteiger partial charge in [-0.05, 0) is 48.9 Å². The van der Waals surface area contributed by atoms with Crippen LogP contribution in [0.15, 0.2) is 66.0 Å². The second kappa shape index (κ2) is 12.2. The molecule has 9 nitrogen and oxygen atoms in total. The SMILES string of the molecule is N=C(N)c1csc(CNC(=O)[C@@H]2C[C@H](C(F)(F)F)CN2C(=O)CNC(=O)c2ccc(Oc3ccccc3)cc2)c1. The number of nitrogens with two attached hydrogens (primary N) is 1. The number of benzene rings is 2. The van der Waals surface area contributed by atoms with Gasteiger partial charge in [0.2, 0.25) is 11.8 Å². The molecule has 2 heterocycles. The highest BCUT2D eigenvalue weighted by atomic mass is 32.1. The predicted molar refractivity (Wildman–Crippen MR) is 142 cm³/mol. The Labute approximate surface area is 231 Å². The normalized spacial score (nSPS) is 16.8. The molecule has 0 bridgehead atoms. The van der Waals surface area contributed by atoms with E-state index in [0.29, 0.717) is 21.9 Å². The average Bonchev–Trinajstić information content (AvgIpc) is 3.59. The van der Waals surface area contributed by atoms with Crippen LogP contribution < -0.4 is 21.1 Å². The minimum absolute atomic E-state index is 0.00666. The first-order valence-electron chi connectivity index (χ1n) is 12.2. The molecular weight excluding hydrogens is 547 g/mol. The van der Waals surface area contributed by atoms with Crippen molar-refractivity contribution >= 4 is 34.9 Å². The van der Waals surface area contributed by atoms with Gasteiger partial charge in [0, 0.05) is 27.9 Å². The Morgan fingerprint density at radius 1 is 1.02 bits per heavy atom. The fourth-order valence-electron chi connectivity index (χ4n) is 4.16. The van der Waals surface area contributed by atoms with Crippen molar-refractivity contribution in [3.8, 4) is 11.5 Å². The molecule has 0 radical (unpaired) electrons. The van der Waals surface area contributed by atoms with Crippen LogP contribution in [0.5, 0.6) is 11.5 Å². The lowest BCUT2D eigenvalue weighted by Crippen LogP contribution is -2.48. The number of para-hydroxylation sites is 1. The molecule has 0 saturated carbocycles. The van der Waals surface area contributed by atoms with Crippen LogP contribution in [-0.4, -0.2) is 53.8 Å². The number of nitrogens with zero attached hydrogens (tertiary/aromatic N) is 1. The molecule has 0 aliphatic carbocycles. The number of amidine groups is 1. The van der Waals surface area contributed by atoms with Crippen molar-refractivity contribution in [1.29, 1.82) is 5.41 Å². The van der Waals surface area contributed by atoms with Crippen LogP contribution >= 0.6 is 11.3 Å². The highest BCUT2D eigenvalue weighted by Gasteiger charge is 2.50. The maximum absolute atomic E-state index is 13.5. The van der Waals surface area contributed by atoms with Crippen LogP contribution in [0.3, 0.4) is 0 Å². The lowest BCUT2D eigenvalue weighted by atomic mass is 10.0. The van der Waals surface area contributed by atoms with Crippen molar-refractivity contribution in [2.45, 2.75) is 25.2 Å². The fraction of sp³-hybridized carbons (Fsp3) is 0.259. The third-order valence-electron chi connectivity index (χ3n) is 6.28. The van der Waals surface area contributed by atoms with Gasteiger partial charge in [0.15, 0.2) is 0 Å². The zero-order chi connectivity index (χ0) is 28.9. The van der Waals surface area contributed by atoms with Crippen LogP contribution in [0, 0.1) is 11.3 Å². The molecule has 1 aliphatic heterocycles. The number of thiophene rings is 1. The third kappa shape index (κ3) is 7.17. The van der Waals surface area contributed by atoms with E-state index in [1.54, 1.807) is 35.7 Å². The maximum atomic E-state index is 13.5. The lowest BCUT2D eigenvalue weighted by molar-refractivity contribution is -0.171. The van der Waals surface area contributed by atoms with Crippen molar-refractivity contribution in [3.63, 3.8) is 0 Å². The lowest BCUT2D eigenvalue weighted by Gasteiger charge is -2.24. The fourth-order valence-corrected chi connectivity index (χ4v) is 4.99. The second-order valence-electron chi connectivity index (χ2n) is 9.09. The first-order chi connectivity index (χ1) is 19.0. The summed E-state index contributed by atoms with van der Waals surface area (Å²) in [7, 11) is 0. The molecule has 1 fully saturated rings. The Morgan fingerprint density at radius 3 is 2.33 bits per heavy atom. The van der Waals surface area contributed by atoms with Crippen LogP contribution in [0.25, 0.3) is 0 Å². The maximum Gasteiger partial charge on any atom is 0.393 e. The zero-order valence-corrected chi connectivity index (χ0v) is 21.9. The number of carbonyl (C=O) groups excluding carboxylic acids is 3. The summed E-state index contributed by atoms with van der Waals surface area (Å²) in [5.41, 5.74) is 6.12. The van der Waals surface area contributed by atoms with Gasteiger partial charge in [-0.25, -0.2) is 0 Å². The summed E-state index contributed by atoms with van der Waals surface area (Å²) >= 11 is 1.23. The van der Waals surface area contributed by atoms with Crippen molar-refractivity contribution in [1.82, 2.24) is 15.5 Å². The van der Waals surface area contributed by atoms with Crippen molar-refractivity contribution in [2.75, 3.05) is 13.1 Å². The predicted octanol–water partition coefficient (Wildman–Crippen LogP) is 3.65. The van der Waals surface area contributed by atoms with E-state index in [1.807, 2.05) is 18.2 Å². The summed E-state index contributed by atoms with van der Waals surface area (Å²) in [6.45, 7) is -1.26. The minimum atomic E-state index is -4.59. The molecule has 2 atom stereocenters. The van der Waals surface area contributed by atoms with E-state index in [0.717, 1.165) is 4.90 Å². The number of hydrogen-bond acceptors (Lipinski definition) is 6. The van der Waals surface area contributed by atoms with Gasteiger partial charge < -0.3 is 26.0 Å². The third-order valence-corrected chi connectivity index (χ3v) is 7.22. The Balaban J connectivity index is 1.35. The van der Waals surface area contributed by atoms with E-state index >= 15 is 0 Å². The van der Waals surface area contributed by atoms with E-state index in [4.69, 9.17) is 15.9 Å². The number of halogens is 3. The Kier molecular flexibility index (Phi) is 8.73. The first kappa shape index (κ1) is 28.6. The van der Waals surface area contributed by atoms with Crippen molar-refractivity contribution in [3.05, 3.63) is 82.0 Å². The van der Waals surface area contributed by atoms with Gasteiger partial charge in [-0.15, -0.1) is 11.3 Å². The van der Waals surface area contributed by atoms with E-state index in [2.05, 4.69) is 10.6 Å². The number of hydrogen-bond donors (Lipinski definition) is 4. The van der Waals surface area contributed by atoms with Gasteiger partial charge in [0.1, 0.15) is 23.4 Å². The molecule has 0 unspecified atom stereocenters. The van der Waals surface area contributed by atoms with E-state index < -0.39 is 55.4 Å². The number of carbonyl (C=O) groups is 3. The summed E-state index contributed by atoms with van der Waals surface area (Å²) in [4.78, 5) is 39.8. The average molecular weight is 574 g/mol. The van der Waals surface area contributed by atoms with Gasteiger partial charge in [0.25, 0.3) is 5.91 Å². The van der Waals surface area contributed by atoms with E-state index in [-0.39, 0.29) is 17.9 Å². The molecule has 1 saturated heterocycles. The highest BCUT2D eigenvalue weighted by molar-refractivity contribution is 7.10. The number of rotatable bonds is 9. The Hall–Kier alpha value is -4.39. The number of amides is 3. The molecule has 210 valence electrons. The molecule has 3 amide bonds. The molecular formula is C27H26F3N5O4S. The van der Waals surface area contributed by atoms with Gasteiger partial charge in [-0.2, -0.15) is 13.2 Å². The van der Waals surface area contributed by atoms with Gasteiger partial charge in [-0.3, -0.25) is 19.8 Å². The first-order valence-corrected chi connectivity index (χ1v) is 13.1. The number of ether oxygens (including phenoxy) is 1. The summed E-state index contributed by atoms with van der Waals surface area (Å²) in [6, 6.07) is 15.4. The Bertz CT molecular complexity index is 1380. The molecule has 3 aromatic rings. The quantitative estimate of drug-likeness (QED) is 0.229. The van der Waals surface area contributed by atoms with Gasteiger partial charge in [0.05, 0.1) is 19.0 Å². The number of likely N-dealkylation sites (tertiary alicyclic amines) is 1. The van der Waals surface area contributed by atoms with Crippen molar-refractivity contribution < 1.29 is 32.3 Å². The zero-order valence-electron chi connectivity index (χ0n) is 21.0. The largest absolute Gasteiger partial charge is 0.457 e. The molecule has 1 aliphatic rings. The minimum Gasteiger partial charge on any atom is -0.457 e. The van der Waals surface area contributed by atoms with Crippen molar-refractivity contribution in [2.24, 2.45) is 11.7 Å². The number of alkyl halides is 3. The molecule has 2 aromatic carbocycles. The van der Waals surface area contributed by atoms with Gasteiger partial charge in [-0.1, -0.05) is 18.2 Å². The van der Waals surface area contributed by atoms with Crippen LogP contribution in [0.1, 0.15) is 27.2 Å². The molecule has 1 aromatic heterocycles. The Morgan fingerprint density at radius 2 is 1.70 bits per heavy atom. The standard InChI is InChI=1S/C27H26F3N5O4S/c28-27(29,30)18-11-22(26(38)33-12-21-10-17(15-40-21)24(31)32)35(14-18)23(36)13-34-25(37)16-6-8-20(9-7-16)39-19-4-2-1-3-5-19/h1-10,15,18,22H,11-14H2,(H3,31,32)(H,33,38)(H,34,37)/t18-,22-/m0/s1. The summed E-state index contributed by atoms with van der Waals surface area (Å²) in [6.07, 6.45) is -5.18. The summed E-state index contributed by atoms with van der Waals surface area (Å²) in [5.74, 6) is -3.06. The van der Waals surface area contributed by atoms with Crippen LogP contribution in [0.2, 0.25) is 0 Å². The summed E-state index contributed by atoms with van der Waals surface area (Å²) in [5, 5.41) is 14.0. The topological polar surface area (TPSA) is 138 Å². The number of nitrogen functional groups attached to an aromatic ring is 1. The molecule has 4 rings (SSSR count). The molecule has 5 N–H and O–H groups in total. The molecule has 0 spiro atoms. The number of nitrogens with one attached hydrogen (secondary N) is 3. The van der Waals surface area contributed by atoms with Crippen LogP contribution in [-0.2, 0) is 16.1 Å². The van der Waals surface area contributed by atoms with E-state index in [1.165, 1.54) is 23.5 Å².